The smallest absolute Gasteiger partial charge is 0.0529 e. The molecule has 1 aromatic carbocycles. The molecule has 0 atom stereocenters. The second kappa shape index (κ2) is 3.33. The SMILES string of the molecule is c1cc2sc3cc4c(cc3c2s1)sc1ccsc14. The minimum Gasteiger partial charge on any atom is -0.142 e. The highest BCUT2D eigenvalue weighted by molar-refractivity contribution is 7.33. The van der Waals surface area contributed by atoms with Gasteiger partial charge in [-0.25, -0.2) is 0 Å². The highest BCUT2D eigenvalue weighted by Gasteiger charge is 2.11. The van der Waals surface area contributed by atoms with E-state index in [9.17, 15) is 0 Å². The molecule has 5 rings (SSSR count). The fraction of sp³-hybridized carbons (Fsp3) is 0. The summed E-state index contributed by atoms with van der Waals surface area (Å²) in [6.45, 7) is 0. The van der Waals surface area contributed by atoms with Crippen LogP contribution in [-0.2, 0) is 0 Å². The van der Waals surface area contributed by atoms with Crippen LogP contribution in [0.2, 0.25) is 0 Å². The van der Waals surface area contributed by atoms with Gasteiger partial charge in [-0.3, -0.25) is 0 Å². The summed E-state index contributed by atoms with van der Waals surface area (Å²) in [5.41, 5.74) is 0. The lowest BCUT2D eigenvalue weighted by Crippen LogP contribution is -1.63. The molecule has 0 unspecified atom stereocenters. The van der Waals surface area contributed by atoms with Crippen molar-refractivity contribution in [3.8, 4) is 0 Å². The molecule has 0 nitrogen and oxygen atoms in total. The largest absolute Gasteiger partial charge is 0.142 e. The lowest BCUT2D eigenvalue weighted by Gasteiger charge is -1.91. The number of hydrogen-bond acceptors (Lipinski definition) is 4. The molecule has 18 heavy (non-hydrogen) atoms. The van der Waals surface area contributed by atoms with Crippen LogP contribution in [-0.4, -0.2) is 0 Å². The standard InChI is InChI=1S/C14H6S4/c1-3-15-13-7-5-12-8(6-11(7)17-9(1)13)14-10(18-12)2-4-16-14/h1-6H. The number of rotatable bonds is 0. The van der Waals surface area contributed by atoms with E-state index in [-0.39, 0.29) is 0 Å². The van der Waals surface area contributed by atoms with Gasteiger partial charge >= 0.3 is 0 Å². The zero-order valence-corrected chi connectivity index (χ0v) is 12.4. The molecule has 0 saturated carbocycles. The topological polar surface area (TPSA) is 0 Å². The maximum Gasteiger partial charge on any atom is 0.0529 e. The second-order valence-electron chi connectivity index (χ2n) is 4.28. The van der Waals surface area contributed by atoms with Gasteiger partial charge in [-0.15, -0.1) is 45.3 Å². The van der Waals surface area contributed by atoms with Gasteiger partial charge in [0.2, 0.25) is 0 Å². The Morgan fingerprint density at radius 1 is 0.611 bits per heavy atom. The van der Waals surface area contributed by atoms with E-state index in [1.807, 2.05) is 45.3 Å². The number of thiophene rings is 4. The molecular formula is C14H6S4. The minimum atomic E-state index is 1.43. The molecule has 0 amide bonds. The quantitative estimate of drug-likeness (QED) is 0.304. The first-order chi connectivity index (χ1) is 8.90. The van der Waals surface area contributed by atoms with Crippen LogP contribution in [0.4, 0.5) is 0 Å². The van der Waals surface area contributed by atoms with Gasteiger partial charge in [0.25, 0.3) is 0 Å². The van der Waals surface area contributed by atoms with Crippen LogP contribution in [0, 0.1) is 0 Å². The van der Waals surface area contributed by atoms with E-state index in [4.69, 9.17) is 0 Å². The van der Waals surface area contributed by atoms with Crippen LogP contribution < -0.4 is 0 Å². The minimum absolute atomic E-state index is 1.43. The molecule has 4 aromatic heterocycles. The number of benzene rings is 1. The van der Waals surface area contributed by atoms with Crippen molar-refractivity contribution >= 4 is 84.3 Å². The van der Waals surface area contributed by atoms with Gasteiger partial charge in [-0.1, -0.05) is 0 Å². The lowest BCUT2D eigenvalue weighted by atomic mass is 10.2. The van der Waals surface area contributed by atoms with Crippen molar-refractivity contribution in [3.05, 3.63) is 35.0 Å². The van der Waals surface area contributed by atoms with E-state index in [0.29, 0.717) is 0 Å². The third kappa shape index (κ3) is 1.14. The Balaban J connectivity index is 2.10. The molecule has 0 aliphatic carbocycles. The van der Waals surface area contributed by atoms with Gasteiger partial charge in [0.05, 0.1) is 9.40 Å². The van der Waals surface area contributed by atoms with Crippen molar-refractivity contribution in [2.24, 2.45) is 0 Å². The third-order valence-corrected chi connectivity index (χ3v) is 7.66. The number of fused-ring (bicyclic) bond motifs is 6. The van der Waals surface area contributed by atoms with E-state index in [1.54, 1.807) is 0 Å². The molecule has 4 heterocycles. The predicted molar refractivity (Wildman–Crippen MR) is 88.0 cm³/mol. The number of hydrogen-bond donors (Lipinski definition) is 0. The summed E-state index contributed by atoms with van der Waals surface area (Å²) in [5.74, 6) is 0. The van der Waals surface area contributed by atoms with Crippen LogP contribution >= 0.6 is 45.3 Å². The predicted octanol–water partition coefficient (Wildman–Crippen LogP) is 6.55. The molecule has 4 heteroatoms. The Hall–Kier alpha value is -0.940. The molecule has 0 radical (unpaired) electrons. The Morgan fingerprint density at radius 3 is 1.61 bits per heavy atom. The molecule has 0 saturated heterocycles. The van der Waals surface area contributed by atoms with Crippen molar-refractivity contribution in [1.29, 1.82) is 0 Å². The van der Waals surface area contributed by atoms with Crippen LogP contribution in [0.5, 0.6) is 0 Å². The normalized spacial score (nSPS) is 12.4. The molecule has 86 valence electrons. The van der Waals surface area contributed by atoms with Crippen LogP contribution in [0.25, 0.3) is 39.0 Å². The first-order valence-electron chi connectivity index (χ1n) is 5.59. The van der Waals surface area contributed by atoms with Crippen molar-refractivity contribution in [2.45, 2.75) is 0 Å². The molecule has 0 aliphatic rings. The van der Waals surface area contributed by atoms with Crippen molar-refractivity contribution < 1.29 is 0 Å². The Morgan fingerprint density at radius 2 is 1.11 bits per heavy atom. The van der Waals surface area contributed by atoms with Crippen LogP contribution in [0.1, 0.15) is 0 Å². The van der Waals surface area contributed by atoms with E-state index < -0.39 is 0 Å². The summed E-state index contributed by atoms with van der Waals surface area (Å²) in [6, 6.07) is 9.24. The van der Waals surface area contributed by atoms with E-state index in [2.05, 4.69) is 35.0 Å². The summed E-state index contributed by atoms with van der Waals surface area (Å²) in [4.78, 5) is 0. The van der Waals surface area contributed by atoms with Gasteiger partial charge in [0.15, 0.2) is 0 Å². The fourth-order valence-electron chi connectivity index (χ4n) is 2.47. The van der Waals surface area contributed by atoms with E-state index in [1.165, 1.54) is 39.0 Å². The molecule has 0 aliphatic heterocycles. The van der Waals surface area contributed by atoms with E-state index in [0.717, 1.165) is 0 Å². The van der Waals surface area contributed by atoms with Crippen molar-refractivity contribution in [3.63, 3.8) is 0 Å². The third-order valence-electron chi connectivity index (χ3n) is 3.27. The summed E-state index contributed by atoms with van der Waals surface area (Å²) in [5, 5.41) is 7.26. The maximum absolute atomic E-state index is 2.39. The maximum atomic E-state index is 2.39. The van der Waals surface area contributed by atoms with Crippen LogP contribution in [0.3, 0.4) is 0 Å². The van der Waals surface area contributed by atoms with E-state index >= 15 is 0 Å². The molecule has 5 aromatic rings. The van der Waals surface area contributed by atoms with Gasteiger partial charge in [-0.2, -0.15) is 0 Å². The van der Waals surface area contributed by atoms with Gasteiger partial charge in [-0.05, 0) is 35.0 Å². The molecule has 0 spiro atoms. The van der Waals surface area contributed by atoms with Gasteiger partial charge in [0.1, 0.15) is 0 Å². The summed E-state index contributed by atoms with van der Waals surface area (Å²) < 4.78 is 8.61. The van der Waals surface area contributed by atoms with Gasteiger partial charge in [0, 0.05) is 29.6 Å². The summed E-state index contributed by atoms with van der Waals surface area (Å²) in [6.07, 6.45) is 0. The fourth-order valence-corrected chi connectivity index (χ4v) is 7.00. The Kier molecular flexibility index (Phi) is 1.84. The average molecular weight is 302 g/mol. The van der Waals surface area contributed by atoms with Gasteiger partial charge < -0.3 is 0 Å². The summed E-state index contributed by atoms with van der Waals surface area (Å²) >= 11 is 7.55. The average Bonchev–Trinajstić information content (AvgIpc) is 3.04. The highest BCUT2D eigenvalue weighted by Crippen LogP contribution is 2.44. The van der Waals surface area contributed by atoms with Crippen LogP contribution in [0.15, 0.2) is 35.0 Å². The zero-order chi connectivity index (χ0) is 11.7. The first kappa shape index (κ1) is 9.92. The Bertz CT molecular complexity index is 937. The highest BCUT2D eigenvalue weighted by atomic mass is 32.1. The summed E-state index contributed by atoms with van der Waals surface area (Å²) in [7, 11) is 0. The zero-order valence-electron chi connectivity index (χ0n) is 9.10. The molecule has 0 N–H and O–H groups in total. The Labute approximate surface area is 119 Å². The van der Waals surface area contributed by atoms with Crippen molar-refractivity contribution in [2.75, 3.05) is 0 Å². The monoisotopic (exact) mass is 302 g/mol. The first-order valence-corrected chi connectivity index (χ1v) is 8.99. The molecular weight excluding hydrogens is 296 g/mol. The lowest BCUT2D eigenvalue weighted by molar-refractivity contribution is 2.16. The van der Waals surface area contributed by atoms with Crippen molar-refractivity contribution in [1.82, 2.24) is 0 Å². The molecule has 0 bridgehead atoms. The second-order valence-corrected chi connectivity index (χ2v) is 8.28. The molecule has 0 fully saturated rings.